The predicted molar refractivity (Wildman–Crippen MR) is 104 cm³/mol. The number of carbonyl (C=O) groups is 1. The molecule has 8 nitrogen and oxygen atoms in total. The molecule has 8 heteroatoms. The largest absolute Gasteiger partial charge is 0.496 e. The van der Waals surface area contributed by atoms with Crippen molar-refractivity contribution >= 4 is 11.6 Å². The van der Waals surface area contributed by atoms with E-state index in [0.29, 0.717) is 49.8 Å². The molecule has 148 valence electrons. The number of carbonyl (C=O) groups excluding carboxylic acids is 1. The molecule has 1 heterocycles. The fourth-order valence-electron chi connectivity index (χ4n) is 3.36. The van der Waals surface area contributed by atoms with Gasteiger partial charge in [-0.15, -0.1) is 0 Å². The van der Waals surface area contributed by atoms with Gasteiger partial charge in [-0.3, -0.25) is 19.8 Å². The summed E-state index contributed by atoms with van der Waals surface area (Å²) in [5.74, 6) is 0.857. The number of amides is 1. The molecular formula is C20H23N3O5. The Bertz CT molecular complexity index is 840. The molecule has 1 amide bonds. The maximum atomic E-state index is 13.0. The topological polar surface area (TPSA) is 85.2 Å². The van der Waals surface area contributed by atoms with Gasteiger partial charge in [0, 0.05) is 44.9 Å². The number of nitro benzene ring substituents is 1. The molecule has 0 N–H and O–H groups in total. The number of non-ortho nitro benzene ring substituents is 1. The first kappa shape index (κ1) is 19.6. The normalized spacial score (nSPS) is 14.6. The number of hydrogen-bond donors (Lipinski definition) is 0. The van der Waals surface area contributed by atoms with E-state index in [0.717, 1.165) is 5.56 Å². The third kappa shape index (κ3) is 4.23. The van der Waals surface area contributed by atoms with Crippen LogP contribution in [0.2, 0.25) is 0 Å². The summed E-state index contributed by atoms with van der Waals surface area (Å²) in [6.45, 7) is 3.11. The van der Waals surface area contributed by atoms with Crippen LogP contribution in [0.4, 0.5) is 5.69 Å². The first-order chi connectivity index (χ1) is 13.5. The Hall–Kier alpha value is -3.13. The molecule has 1 aliphatic rings. The minimum atomic E-state index is -0.388. The van der Waals surface area contributed by atoms with Crippen LogP contribution in [0.5, 0.6) is 11.5 Å². The Morgan fingerprint density at radius 2 is 1.64 bits per heavy atom. The fraction of sp³-hybridized carbons (Fsp3) is 0.350. The van der Waals surface area contributed by atoms with E-state index in [-0.39, 0.29) is 16.5 Å². The molecule has 0 spiro atoms. The second-order valence-corrected chi connectivity index (χ2v) is 6.53. The molecule has 1 aliphatic heterocycles. The number of ether oxygens (including phenoxy) is 2. The molecule has 0 aliphatic carbocycles. The molecule has 1 saturated heterocycles. The third-order valence-corrected chi connectivity index (χ3v) is 4.83. The van der Waals surface area contributed by atoms with Crippen LogP contribution in [0.1, 0.15) is 15.9 Å². The Labute approximate surface area is 163 Å². The smallest absolute Gasteiger partial charge is 0.269 e. The van der Waals surface area contributed by atoms with Gasteiger partial charge in [-0.25, -0.2) is 0 Å². The highest BCUT2D eigenvalue weighted by Crippen LogP contribution is 2.30. The lowest BCUT2D eigenvalue weighted by Crippen LogP contribution is -2.48. The van der Waals surface area contributed by atoms with Gasteiger partial charge in [0.05, 0.1) is 19.1 Å². The van der Waals surface area contributed by atoms with E-state index in [1.807, 2.05) is 6.07 Å². The monoisotopic (exact) mass is 385 g/mol. The van der Waals surface area contributed by atoms with Crippen molar-refractivity contribution in [3.05, 3.63) is 63.7 Å². The van der Waals surface area contributed by atoms with E-state index < -0.39 is 0 Å². The van der Waals surface area contributed by atoms with Gasteiger partial charge in [0.15, 0.2) is 0 Å². The van der Waals surface area contributed by atoms with Crippen molar-refractivity contribution in [2.24, 2.45) is 0 Å². The Balaban J connectivity index is 1.65. The summed E-state index contributed by atoms with van der Waals surface area (Å²) in [5.41, 5.74) is 1.41. The van der Waals surface area contributed by atoms with Crippen molar-refractivity contribution in [2.45, 2.75) is 6.54 Å². The average molecular weight is 385 g/mol. The van der Waals surface area contributed by atoms with Crippen molar-refractivity contribution in [2.75, 3.05) is 40.4 Å². The summed E-state index contributed by atoms with van der Waals surface area (Å²) in [6.07, 6.45) is 0. The molecule has 0 saturated carbocycles. The molecule has 0 radical (unpaired) electrons. The second kappa shape index (κ2) is 8.71. The quantitative estimate of drug-likeness (QED) is 0.561. The highest BCUT2D eigenvalue weighted by atomic mass is 16.6. The van der Waals surface area contributed by atoms with Crippen LogP contribution in [-0.4, -0.2) is 61.0 Å². The number of rotatable bonds is 6. The number of hydrogen-bond acceptors (Lipinski definition) is 6. The Kier molecular flexibility index (Phi) is 6.10. The van der Waals surface area contributed by atoms with Crippen LogP contribution < -0.4 is 9.47 Å². The van der Waals surface area contributed by atoms with Crippen LogP contribution in [0.15, 0.2) is 42.5 Å². The van der Waals surface area contributed by atoms with Crippen LogP contribution in [0.3, 0.4) is 0 Å². The van der Waals surface area contributed by atoms with Gasteiger partial charge >= 0.3 is 0 Å². The lowest BCUT2D eigenvalue weighted by molar-refractivity contribution is -0.384. The molecule has 0 atom stereocenters. The van der Waals surface area contributed by atoms with Crippen molar-refractivity contribution < 1.29 is 19.2 Å². The van der Waals surface area contributed by atoms with Crippen molar-refractivity contribution in [3.63, 3.8) is 0 Å². The van der Waals surface area contributed by atoms with Gasteiger partial charge in [0.1, 0.15) is 17.1 Å². The molecule has 28 heavy (non-hydrogen) atoms. The first-order valence-corrected chi connectivity index (χ1v) is 8.99. The van der Waals surface area contributed by atoms with Gasteiger partial charge in [-0.1, -0.05) is 18.2 Å². The van der Waals surface area contributed by atoms with Gasteiger partial charge in [-0.2, -0.15) is 0 Å². The van der Waals surface area contributed by atoms with Gasteiger partial charge in [-0.05, 0) is 17.7 Å². The SMILES string of the molecule is COc1cccc(OC)c1C(=O)N1CCN(Cc2cccc([N+](=O)[O-])c2)CC1. The van der Waals surface area contributed by atoms with Crippen LogP contribution in [-0.2, 0) is 6.54 Å². The van der Waals surface area contributed by atoms with Gasteiger partial charge in [0.2, 0.25) is 0 Å². The molecule has 3 rings (SSSR count). The average Bonchev–Trinajstić information content (AvgIpc) is 2.73. The molecular weight excluding hydrogens is 362 g/mol. The highest BCUT2D eigenvalue weighted by Gasteiger charge is 2.27. The molecule has 2 aromatic carbocycles. The number of methoxy groups -OCH3 is 2. The number of piperazine rings is 1. The lowest BCUT2D eigenvalue weighted by Gasteiger charge is -2.35. The molecule has 0 unspecified atom stereocenters. The molecule has 0 aromatic heterocycles. The maximum Gasteiger partial charge on any atom is 0.269 e. The summed E-state index contributed by atoms with van der Waals surface area (Å²) in [7, 11) is 3.06. The van der Waals surface area contributed by atoms with Gasteiger partial charge in [0.25, 0.3) is 11.6 Å². The Morgan fingerprint density at radius 3 is 2.21 bits per heavy atom. The van der Waals surface area contributed by atoms with E-state index >= 15 is 0 Å². The van der Waals surface area contributed by atoms with Crippen molar-refractivity contribution in [3.8, 4) is 11.5 Å². The van der Waals surface area contributed by atoms with E-state index in [1.165, 1.54) is 20.3 Å². The minimum absolute atomic E-state index is 0.0922. The standard InChI is InChI=1S/C20H23N3O5/c1-27-17-7-4-8-18(28-2)19(17)20(24)22-11-9-21(10-12-22)14-15-5-3-6-16(13-15)23(25)26/h3-8,13H,9-12,14H2,1-2H3. The summed E-state index contributed by atoms with van der Waals surface area (Å²) in [5, 5.41) is 10.9. The van der Waals surface area contributed by atoms with Gasteiger partial charge < -0.3 is 14.4 Å². The predicted octanol–water partition coefficient (Wildman–Crippen LogP) is 2.57. The molecule has 2 aromatic rings. The molecule has 0 bridgehead atoms. The van der Waals surface area contributed by atoms with Crippen molar-refractivity contribution in [1.29, 1.82) is 0 Å². The fourth-order valence-corrected chi connectivity index (χ4v) is 3.36. The first-order valence-electron chi connectivity index (χ1n) is 8.99. The van der Waals surface area contributed by atoms with E-state index in [2.05, 4.69) is 4.90 Å². The third-order valence-electron chi connectivity index (χ3n) is 4.83. The number of nitrogens with zero attached hydrogens (tertiary/aromatic N) is 3. The van der Waals surface area contributed by atoms with Crippen LogP contribution >= 0.6 is 0 Å². The maximum absolute atomic E-state index is 13.0. The van der Waals surface area contributed by atoms with Crippen LogP contribution in [0, 0.1) is 10.1 Å². The van der Waals surface area contributed by atoms with E-state index in [9.17, 15) is 14.9 Å². The zero-order chi connectivity index (χ0) is 20.1. The zero-order valence-corrected chi connectivity index (χ0v) is 16.0. The van der Waals surface area contributed by atoms with E-state index in [1.54, 1.807) is 35.2 Å². The summed E-state index contributed by atoms with van der Waals surface area (Å²) < 4.78 is 10.7. The second-order valence-electron chi connectivity index (χ2n) is 6.53. The summed E-state index contributed by atoms with van der Waals surface area (Å²) >= 11 is 0. The minimum Gasteiger partial charge on any atom is -0.496 e. The number of benzene rings is 2. The Morgan fingerprint density at radius 1 is 1.04 bits per heavy atom. The lowest BCUT2D eigenvalue weighted by atomic mass is 10.1. The highest BCUT2D eigenvalue weighted by molar-refractivity contribution is 5.99. The number of nitro groups is 1. The van der Waals surface area contributed by atoms with Crippen LogP contribution in [0.25, 0.3) is 0 Å². The molecule has 1 fully saturated rings. The van der Waals surface area contributed by atoms with E-state index in [4.69, 9.17) is 9.47 Å². The summed E-state index contributed by atoms with van der Waals surface area (Å²) in [4.78, 5) is 27.5. The zero-order valence-electron chi connectivity index (χ0n) is 16.0. The van der Waals surface area contributed by atoms with Crippen molar-refractivity contribution in [1.82, 2.24) is 9.80 Å². The summed E-state index contributed by atoms with van der Waals surface area (Å²) in [6, 6.07) is 11.9.